The number of pyridine rings is 3. The number of anilines is 2. The van der Waals surface area contributed by atoms with E-state index in [9.17, 15) is 27.6 Å². The van der Waals surface area contributed by atoms with Gasteiger partial charge in [0, 0.05) is 94.1 Å². The van der Waals surface area contributed by atoms with E-state index >= 15 is 0 Å². The van der Waals surface area contributed by atoms with Crippen LogP contribution in [0.15, 0.2) is 115 Å². The molecule has 6 N–H and O–H groups in total. The van der Waals surface area contributed by atoms with E-state index in [1.54, 1.807) is 67.7 Å². The van der Waals surface area contributed by atoms with Crippen molar-refractivity contribution in [2.45, 2.75) is 90.1 Å². The maximum atomic E-state index is 13.6. The number of nitrogens with two attached hydrogens (primary N) is 1. The molecule has 0 spiro atoms. The second-order valence-electron chi connectivity index (χ2n) is 21.3. The fourth-order valence-corrected chi connectivity index (χ4v) is 8.84. The highest BCUT2D eigenvalue weighted by atomic mass is 19.1. The Labute approximate surface area is 463 Å². The van der Waals surface area contributed by atoms with Crippen molar-refractivity contribution in [1.82, 2.24) is 73.2 Å². The summed E-state index contributed by atoms with van der Waals surface area (Å²) in [5.41, 5.74) is 8.17. The molecule has 0 saturated carbocycles. The second-order valence-corrected chi connectivity index (χ2v) is 21.3. The Morgan fingerprint density at radius 1 is 0.593 bits per heavy atom. The molecule has 0 aliphatic carbocycles. The molecular weight excluding hydrogens is 1050 g/mol. The number of imidazole rings is 3. The predicted molar refractivity (Wildman–Crippen MR) is 296 cm³/mol. The molecule has 12 heterocycles. The number of aromatic amines is 1. The molecule has 3 aliphatic rings. The minimum Gasteiger partial charge on any atom is -0.444 e. The molecule has 424 valence electrons. The van der Waals surface area contributed by atoms with Gasteiger partial charge >= 0.3 is 12.2 Å². The highest BCUT2D eigenvalue weighted by molar-refractivity contribution is 5.69. The van der Waals surface area contributed by atoms with Gasteiger partial charge in [0.05, 0.1) is 18.6 Å². The summed E-state index contributed by atoms with van der Waals surface area (Å²) in [7, 11) is 0. The van der Waals surface area contributed by atoms with Crippen LogP contribution in [0.3, 0.4) is 0 Å². The topological polar surface area (TPSA) is 270 Å². The van der Waals surface area contributed by atoms with Crippen LogP contribution in [0.4, 0.5) is 34.4 Å². The van der Waals surface area contributed by atoms with Crippen molar-refractivity contribution < 1.29 is 32.2 Å². The zero-order chi connectivity index (χ0) is 57.4. The number of nitrogens with zero attached hydrogens (tertiary/aromatic N) is 13. The lowest BCUT2D eigenvalue weighted by Gasteiger charge is -2.24. The lowest BCUT2D eigenvalue weighted by Crippen LogP contribution is -2.36. The van der Waals surface area contributed by atoms with E-state index in [0.717, 1.165) is 44.7 Å². The van der Waals surface area contributed by atoms with Gasteiger partial charge in [-0.1, -0.05) is 0 Å². The first-order valence-electron chi connectivity index (χ1n) is 26.3. The zero-order valence-corrected chi connectivity index (χ0v) is 45.6. The van der Waals surface area contributed by atoms with E-state index in [1.165, 1.54) is 59.7 Å². The lowest BCUT2D eigenvalue weighted by molar-refractivity contribution is 0.0282. The van der Waals surface area contributed by atoms with Crippen LogP contribution in [0.25, 0.3) is 51.5 Å². The van der Waals surface area contributed by atoms with Crippen LogP contribution in [0.1, 0.15) is 60.8 Å². The molecule has 0 bridgehead atoms. The molecule has 0 radical (unpaired) electrons. The quantitative estimate of drug-likeness (QED) is 0.105. The number of halogens is 3. The number of carbonyl (C=O) groups excluding carboxylic acids is 2. The van der Waals surface area contributed by atoms with Crippen LogP contribution in [-0.4, -0.2) is 149 Å². The maximum Gasteiger partial charge on any atom is 0.410 e. The number of amides is 2. The molecule has 23 nitrogen and oxygen atoms in total. The standard InChI is InChI=1S/C20H23FN6O2.C15H15FN6.C11H7FN4O.C9H18N2O2/c1-20(2,3)29-19(28)26-9-7-14(12-26)24-16-6-8-22-18(25-16)15-10-23-17-5-4-13(21)11-27(15)17;16-10-1-2-14-19-8-12(22(14)9-10)15-18-6-4-13(21-15)20-11-3-5-17-7-11;12-7-1-2-9-14-5-8(16(9)6-7)11-13-4-3-10(17)15-11;1-9(2,3)13-8(12)11-5-4-7(10)6-11/h4-6,8,10-11,14H,7,9,12H2,1-3H3,(H,22,24,25);1-2,4,6,8-9,11,17H,3,5,7H2,(H,18,20,21);1-6H,(H,13,15,17);7H,4-6,10H2,1-3H3/t14-;11-;;7-/m11.1/s1. The van der Waals surface area contributed by atoms with Crippen molar-refractivity contribution >= 4 is 40.8 Å². The molecule has 3 saturated heterocycles. The molecule has 12 rings (SSSR count). The molecule has 2 amide bonds. The summed E-state index contributed by atoms with van der Waals surface area (Å²) in [6.07, 6.45) is 15.8. The maximum absolute atomic E-state index is 13.6. The fourth-order valence-electron chi connectivity index (χ4n) is 8.84. The first-order chi connectivity index (χ1) is 38.7. The van der Waals surface area contributed by atoms with Gasteiger partial charge in [-0.15, -0.1) is 0 Å². The average molecular weight is 1110 g/mol. The van der Waals surface area contributed by atoms with Gasteiger partial charge in [0.25, 0.3) is 5.56 Å². The van der Waals surface area contributed by atoms with E-state index < -0.39 is 11.2 Å². The Bertz CT molecular complexity index is 3700. The van der Waals surface area contributed by atoms with Crippen molar-refractivity contribution in [3.05, 3.63) is 138 Å². The largest absolute Gasteiger partial charge is 0.444 e. The molecule has 0 unspecified atom stereocenters. The van der Waals surface area contributed by atoms with Gasteiger partial charge in [0.1, 0.15) is 74.3 Å². The van der Waals surface area contributed by atoms with Crippen LogP contribution in [-0.2, 0) is 9.47 Å². The molecule has 3 atom stereocenters. The van der Waals surface area contributed by atoms with E-state index in [1.807, 2.05) is 47.6 Å². The minimum absolute atomic E-state index is 0.0601. The number of fused-ring (bicyclic) bond motifs is 3. The molecule has 3 fully saturated rings. The predicted octanol–water partition coefficient (Wildman–Crippen LogP) is 7.23. The lowest BCUT2D eigenvalue weighted by atomic mass is 10.2. The van der Waals surface area contributed by atoms with E-state index in [2.05, 4.69) is 60.8 Å². The van der Waals surface area contributed by atoms with Crippen LogP contribution in [0.2, 0.25) is 0 Å². The van der Waals surface area contributed by atoms with Crippen molar-refractivity contribution in [1.29, 1.82) is 0 Å². The monoisotopic (exact) mass is 1110 g/mol. The van der Waals surface area contributed by atoms with Crippen molar-refractivity contribution in [3.8, 4) is 34.6 Å². The van der Waals surface area contributed by atoms with Gasteiger partial charge < -0.3 is 45.9 Å². The summed E-state index contributed by atoms with van der Waals surface area (Å²) < 4.78 is 55.7. The number of hydrogen-bond donors (Lipinski definition) is 5. The van der Waals surface area contributed by atoms with Gasteiger partial charge in [-0.25, -0.2) is 62.6 Å². The number of ether oxygens (including phenoxy) is 2. The Morgan fingerprint density at radius 3 is 1.53 bits per heavy atom. The third-order valence-electron chi connectivity index (χ3n) is 12.6. The molecular formula is C55H63F3N18O5. The van der Waals surface area contributed by atoms with E-state index in [0.29, 0.717) is 83.0 Å². The number of carbonyl (C=O) groups is 2. The van der Waals surface area contributed by atoms with Crippen LogP contribution in [0.5, 0.6) is 0 Å². The van der Waals surface area contributed by atoms with Crippen molar-refractivity contribution in [2.75, 3.05) is 49.9 Å². The average Bonchev–Trinajstić information content (AvgIpc) is 4.35. The minimum atomic E-state index is -0.516. The first kappa shape index (κ1) is 56.7. The molecule has 9 aromatic rings. The summed E-state index contributed by atoms with van der Waals surface area (Å²) in [5.74, 6) is 1.66. The fraction of sp³-hybridized carbons (Fsp3) is 0.364. The summed E-state index contributed by atoms with van der Waals surface area (Å²) in [4.78, 5) is 75.1. The van der Waals surface area contributed by atoms with Crippen molar-refractivity contribution in [3.63, 3.8) is 0 Å². The summed E-state index contributed by atoms with van der Waals surface area (Å²) in [5, 5.41) is 10.0. The first-order valence-corrected chi connectivity index (χ1v) is 26.3. The van der Waals surface area contributed by atoms with Crippen LogP contribution in [0, 0.1) is 17.5 Å². The summed E-state index contributed by atoms with van der Waals surface area (Å²) >= 11 is 0. The molecule has 0 aromatic carbocycles. The Balaban J connectivity index is 0.000000136. The number of nitrogens with one attached hydrogen (secondary N) is 4. The summed E-state index contributed by atoms with van der Waals surface area (Å²) in [6.45, 7) is 15.6. The van der Waals surface area contributed by atoms with Crippen LogP contribution < -0.4 is 27.2 Å². The molecule has 9 aromatic heterocycles. The van der Waals surface area contributed by atoms with Gasteiger partial charge in [-0.05, 0) is 116 Å². The third kappa shape index (κ3) is 15.0. The normalized spacial score (nSPS) is 17.0. The highest BCUT2D eigenvalue weighted by Crippen LogP contribution is 2.24. The van der Waals surface area contributed by atoms with Gasteiger partial charge in [-0.2, -0.15) is 0 Å². The van der Waals surface area contributed by atoms with Gasteiger partial charge in [-0.3, -0.25) is 18.0 Å². The van der Waals surface area contributed by atoms with E-state index in [-0.39, 0.29) is 47.3 Å². The SMILES string of the molecule is CC(C)(C)OC(=O)N1CC[C@@H](N)C1.CC(C)(C)OC(=O)N1CC[C@@H](Nc2ccnc(-c3cnc4ccc(F)cn34)n2)C1.Fc1ccc2ncc(-c3nccc(N[C@@H]4CCNC4)n3)n2c1.O=c1ccnc(-c2cnc3ccc(F)cn23)[nH]1. The molecule has 26 heteroatoms. The Hall–Kier alpha value is -9.04. The van der Waals surface area contributed by atoms with Gasteiger partial charge in [0.2, 0.25) is 0 Å². The highest BCUT2D eigenvalue weighted by Gasteiger charge is 2.31. The van der Waals surface area contributed by atoms with Gasteiger partial charge in [0.15, 0.2) is 17.5 Å². The summed E-state index contributed by atoms with van der Waals surface area (Å²) in [6, 6.07) is 14.3. The van der Waals surface area contributed by atoms with Crippen molar-refractivity contribution in [2.24, 2.45) is 5.73 Å². The van der Waals surface area contributed by atoms with Crippen LogP contribution >= 0.6 is 0 Å². The number of aromatic nitrogens is 12. The Morgan fingerprint density at radius 2 is 1.06 bits per heavy atom. The molecule has 3 aliphatic heterocycles. The smallest absolute Gasteiger partial charge is 0.410 e. The third-order valence-corrected chi connectivity index (χ3v) is 12.6. The zero-order valence-electron chi connectivity index (χ0n) is 45.6. The number of H-pyrrole nitrogens is 1. The second kappa shape index (κ2) is 24.5. The molecule has 81 heavy (non-hydrogen) atoms. The Kier molecular flexibility index (Phi) is 17.2. The van der Waals surface area contributed by atoms with E-state index in [4.69, 9.17) is 15.2 Å². The number of likely N-dealkylation sites (tertiary alicyclic amines) is 2. The number of hydrogen-bond acceptors (Lipinski definition) is 17. The number of rotatable bonds is 7.